The van der Waals surface area contributed by atoms with E-state index in [9.17, 15) is 13.2 Å². The fraction of sp³-hybridized carbons (Fsp3) is 0.500. The van der Waals surface area contributed by atoms with Gasteiger partial charge in [0.05, 0.1) is 12.8 Å². The monoisotopic (exact) mass is 245 g/mol. The number of hydrogen-bond donors (Lipinski definition) is 0. The van der Waals surface area contributed by atoms with Crippen LogP contribution in [0.1, 0.15) is 12.7 Å². The van der Waals surface area contributed by atoms with Crippen molar-refractivity contribution in [2.24, 2.45) is 0 Å². The minimum atomic E-state index is -3.35. The first kappa shape index (κ1) is 12.8. The van der Waals surface area contributed by atoms with Crippen LogP contribution in [-0.2, 0) is 21.2 Å². The van der Waals surface area contributed by atoms with Crippen molar-refractivity contribution < 1.29 is 17.6 Å². The van der Waals surface area contributed by atoms with Crippen molar-refractivity contribution in [3.63, 3.8) is 0 Å². The summed E-state index contributed by atoms with van der Waals surface area (Å²) in [5.41, 5.74) is 0. The van der Waals surface area contributed by atoms with E-state index in [1.54, 1.807) is 19.2 Å². The van der Waals surface area contributed by atoms with Gasteiger partial charge < -0.3 is 9.32 Å². The maximum Gasteiger partial charge on any atom is 0.240 e. The van der Waals surface area contributed by atoms with Crippen LogP contribution >= 0.6 is 0 Å². The minimum Gasteiger partial charge on any atom is -0.467 e. The Hall–Kier alpha value is -1.30. The molecule has 1 amide bonds. The molecule has 1 aromatic rings. The molecule has 0 bridgehead atoms. The molecule has 0 aromatic carbocycles. The van der Waals surface area contributed by atoms with Gasteiger partial charge in [-0.2, -0.15) is 0 Å². The molecule has 1 aromatic heterocycles. The van der Waals surface area contributed by atoms with Gasteiger partial charge in [0.1, 0.15) is 11.0 Å². The van der Waals surface area contributed by atoms with E-state index in [1.807, 2.05) is 0 Å². The van der Waals surface area contributed by atoms with Gasteiger partial charge in [0, 0.05) is 13.3 Å². The van der Waals surface area contributed by atoms with Gasteiger partial charge in [-0.15, -0.1) is 0 Å². The van der Waals surface area contributed by atoms with Crippen molar-refractivity contribution in [2.45, 2.75) is 18.7 Å². The Balaban J connectivity index is 2.68. The first-order chi connectivity index (χ1) is 7.32. The minimum absolute atomic E-state index is 0.270. The number of carbonyl (C=O) groups excluding carboxylic acids is 1. The molecule has 0 aliphatic carbocycles. The third-order valence-corrected chi connectivity index (χ3v) is 3.83. The van der Waals surface area contributed by atoms with E-state index in [1.165, 1.54) is 18.1 Å². The van der Waals surface area contributed by atoms with Gasteiger partial charge >= 0.3 is 0 Å². The zero-order valence-corrected chi connectivity index (χ0v) is 10.3. The second-order valence-corrected chi connectivity index (χ2v) is 6.11. The Bertz CT molecular complexity index is 449. The molecule has 1 atom stereocenters. The predicted octanol–water partition coefficient (Wildman–Crippen LogP) is 0.671. The van der Waals surface area contributed by atoms with E-state index in [-0.39, 0.29) is 6.54 Å². The first-order valence-electron chi connectivity index (χ1n) is 4.78. The van der Waals surface area contributed by atoms with E-state index in [4.69, 9.17) is 4.42 Å². The molecule has 0 aliphatic heterocycles. The summed E-state index contributed by atoms with van der Waals surface area (Å²) in [6.07, 6.45) is 2.56. The van der Waals surface area contributed by atoms with Crippen LogP contribution in [0, 0.1) is 0 Å². The lowest BCUT2D eigenvalue weighted by molar-refractivity contribution is -0.129. The largest absolute Gasteiger partial charge is 0.467 e. The molecule has 0 saturated heterocycles. The lowest BCUT2D eigenvalue weighted by Gasteiger charge is -2.19. The van der Waals surface area contributed by atoms with Crippen LogP contribution < -0.4 is 0 Å². The lowest BCUT2D eigenvalue weighted by atomic mass is 10.3. The normalized spacial score (nSPS) is 13.4. The Morgan fingerprint density at radius 2 is 2.19 bits per heavy atom. The maximum absolute atomic E-state index is 11.7. The molecule has 90 valence electrons. The molecule has 16 heavy (non-hydrogen) atoms. The third kappa shape index (κ3) is 3.10. The number of furan rings is 1. The van der Waals surface area contributed by atoms with Crippen molar-refractivity contribution in [3.8, 4) is 0 Å². The van der Waals surface area contributed by atoms with Gasteiger partial charge in [0.2, 0.25) is 5.91 Å². The van der Waals surface area contributed by atoms with E-state index in [0.717, 1.165) is 6.26 Å². The zero-order valence-electron chi connectivity index (χ0n) is 9.50. The smallest absolute Gasteiger partial charge is 0.240 e. The Labute approximate surface area is 95.0 Å². The zero-order chi connectivity index (χ0) is 12.3. The van der Waals surface area contributed by atoms with Crippen molar-refractivity contribution in [1.29, 1.82) is 0 Å². The van der Waals surface area contributed by atoms with Gasteiger partial charge in [-0.3, -0.25) is 4.79 Å². The van der Waals surface area contributed by atoms with E-state index in [0.29, 0.717) is 5.76 Å². The second-order valence-electron chi connectivity index (χ2n) is 3.75. The second kappa shape index (κ2) is 4.69. The summed E-state index contributed by atoms with van der Waals surface area (Å²) in [5, 5.41) is -1.02. The number of amides is 1. The van der Waals surface area contributed by atoms with Gasteiger partial charge in [0.15, 0.2) is 9.84 Å². The topological polar surface area (TPSA) is 67.6 Å². The van der Waals surface area contributed by atoms with Gasteiger partial charge in [0.25, 0.3) is 0 Å². The molecule has 0 spiro atoms. The summed E-state index contributed by atoms with van der Waals surface area (Å²) in [6, 6.07) is 3.45. The van der Waals surface area contributed by atoms with Crippen LogP contribution in [0.25, 0.3) is 0 Å². The molecule has 1 rings (SSSR count). The number of nitrogens with zero attached hydrogens (tertiary/aromatic N) is 1. The van der Waals surface area contributed by atoms with Crippen LogP contribution in [0.2, 0.25) is 0 Å². The Kier molecular flexibility index (Phi) is 3.74. The molecule has 0 aliphatic rings. The molecule has 0 saturated carbocycles. The molecule has 5 nitrogen and oxygen atoms in total. The first-order valence-corrected chi connectivity index (χ1v) is 6.74. The summed E-state index contributed by atoms with van der Waals surface area (Å²) in [6.45, 7) is 1.65. The molecule has 0 fully saturated rings. The predicted molar refractivity (Wildman–Crippen MR) is 59.5 cm³/mol. The molecule has 6 heteroatoms. The summed E-state index contributed by atoms with van der Waals surface area (Å²) >= 11 is 0. The highest BCUT2D eigenvalue weighted by atomic mass is 32.2. The van der Waals surface area contributed by atoms with Crippen molar-refractivity contribution in [2.75, 3.05) is 13.3 Å². The average molecular weight is 245 g/mol. The number of rotatable bonds is 4. The quantitative estimate of drug-likeness (QED) is 0.782. The molecule has 0 unspecified atom stereocenters. The van der Waals surface area contributed by atoms with E-state index in [2.05, 4.69) is 0 Å². The molecular formula is C10H15NO4S. The maximum atomic E-state index is 11.7. The fourth-order valence-corrected chi connectivity index (χ4v) is 1.75. The molecule has 0 N–H and O–H groups in total. The summed E-state index contributed by atoms with van der Waals surface area (Å²) < 4.78 is 27.5. The molecular weight excluding hydrogens is 230 g/mol. The Morgan fingerprint density at radius 1 is 1.56 bits per heavy atom. The highest BCUT2D eigenvalue weighted by Gasteiger charge is 2.26. The van der Waals surface area contributed by atoms with Crippen molar-refractivity contribution in [3.05, 3.63) is 24.2 Å². The van der Waals surface area contributed by atoms with Crippen LogP contribution in [0.3, 0.4) is 0 Å². The molecule has 0 radical (unpaired) electrons. The van der Waals surface area contributed by atoms with Gasteiger partial charge in [-0.25, -0.2) is 8.42 Å². The van der Waals surface area contributed by atoms with Crippen LogP contribution in [0.4, 0.5) is 0 Å². The third-order valence-electron chi connectivity index (χ3n) is 2.34. The highest BCUT2D eigenvalue weighted by Crippen LogP contribution is 2.08. The Morgan fingerprint density at radius 3 is 2.62 bits per heavy atom. The average Bonchev–Trinajstić information content (AvgIpc) is 2.66. The molecule has 1 heterocycles. The van der Waals surface area contributed by atoms with Crippen LogP contribution in [0.15, 0.2) is 22.8 Å². The SMILES string of the molecule is C[C@H](C(=O)N(C)Cc1ccco1)S(C)(=O)=O. The summed E-state index contributed by atoms with van der Waals surface area (Å²) in [4.78, 5) is 13.1. The van der Waals surface area contributed by atoms with Crippen molar-refractivity contribution in [1.82, 2.24) is 4.90 Å². The van der Waals surface area contributed by atoms with Crippen LogP contribution in [0.5, 0.6) is 0 Å². The van der Waals surface area contributed by atoms with Crippen LogP contribution in [-0.4, -0.2) is 37.8 Å². The van der Waals surface area contributed by atoms with E-state index < -0.39 is 21.0 Å². The summed E-state index contributed by atoms with van der Waals surface area (Å²) in [5.74, 6) is 0.190. The highest BCUT2D eigenvalue weighted by molar-refractivity contribution is 7.92. The number of hydrogen-bond acceptors (Lipinski definition) is 4. The number of sulfone groups is 1. The number of carbonyl (C=O) groups is 1. The van der Waals surface area contributed by atoms with E-state index >= 15 is 0 Å². The fourth-order valence-electron chi connectivity index (χ4n) is 1.21. The summed E-state index contributed by atoms with van der Waals surface area (Å²) in [7, 11) is -1.80. The lowest BCUT2D eigenvalue weighted by Crippen LogP contribution is -2.38. The standard InChI is InChI=1S/C10H15NO4S/c1-8(16(3,13)14)10(12)11(2)7-9-5-4-6-15-9/h4-6,8H,7H2,1-3H3/t8-/m1/s1. The van der Waals surface area contributed by atoms with Gasteiger partial charge in [-0.05, 0) is 19.1 Å². The van der Waals surface area contributed by atoms with Gasteiger partial charge in [-0.1, -0.05) is 0 Å². The van der Waals surface area contributed by atoms with Crippen molar-refractivity contribution >= 4 is 15.7 Å².